The molecule has 1 atom stereocenters. The van der Waals surface area contributed by atoms with Gasteiger partial charge in [-0.1, -0.05) is 29.5 Å². The van der Waals surface area contributed by atoms with Crippen LogP contribution in [-0.4, -0.2) is 41.2 Å². The van der Waals surface area contributed by atoms with Gasteiger partial charge in [0, 0.05) is 13.1 Å². The number of rotatable bonds is 5. The number of benzene rings is 1. The van der Waals surface area contributed by atoms with Crippen molar-refractivity contribution in [2.45, 2.75) is 19.4 Å². The monoisotopic (exact) mass is 325 g/mol. The molecule has 1 aromatic carbocycles. The summed E-state index contributed by atoms with van der Waals surface area (Å²) in [4.78, 5) is 13.9. The molecule has 7 heteroatoms. The van der Waals surface area contributed by atoms with Crippen molar-refractivity contribution in [1.82, 2.24) is 15.1 Å². The van der Waals surface area contributed by atoms with E-state index in [1.807, 2.05) is 31.2 Å². The highest BCUT2D eigenvalue weighted by atomic mass is 35.5. The third-order valence-electron chi connectivity index (χ3n) is 3.27. The molecular formula is C14H16ClN3O2S. The smallest absolute Gasteiger partial charge is 0.284 e. The molecular weight excluding hydrogens is 310 g/mol. The van der Waals surface area contributed by atoms with Crippen LogP contribution in [0.4, 0.5) is 0 Å². The standard InChI is InChI=1S/C14H16ClN3O2S/c1-9(8-10-6-4-5-7-11(10)20-3)18(2)13(19)12-16-17-14(15)21-12/h4-7,9H,8H2,1-3H3. The normalized spacial score (nSPS) is 12.0. The Morgan fingerprint density at radius 2 is 2.14 bits per heavy atom. The van der Waals surface area contributed by atoms with Crippen LogP contribution in [0.3, 0.4) is 0 Å². The Balaban J connectivity index is 2.09. The van der Waals surface area contributed by atoms with Gasteiger partial charge in [-0.2, -0.15) is 0 Å². The second-order valence-electron chi connectivity index (χ2n) is 4.64. The fourth-order valence-electron chi connectivity index (χ4n) is 1.97. The molecule has 0 radical (unpaired) electrons. The van der Waals surface area contributed by atoms with Crippen LogP contribution in [0.25, 0.3) is 0 Å². The van der Waals surface area contributed by atoms with Crippen molar-refractivity contribution in [3.63, 3.8) is 0 Å². The summed E-state index contributed by atoms with van der Waals surface area (Å²) < 4.78 is 5.60. The van der Waals surface area contributed by atoms with Gasteiger partial charge < -0.3 is 9.64 Å². The number of methoxy groups -OCH3 is 1. The molecule has 112 valence electrons. The van der Waals surface area contributed by atoms with Crippen LogP contribution in [0.1, 0.15) is 22.3 Å². The number of carbonyl (C=O) groups excluding carboxylic acids is 1. The molecule has 1 aromatic heterocycles. The van der Waals surface area contributed by atoms with E-state index in [2.05, 4.69) is 10.2 Å². The highest BCUT2D eigenvalue weighted by Gasteiger charge is 2.22. The number of aromatic nitrogens is 2. The van der Waals surface area contributed by atoms with Crippen LogP contribution in [0.2, 0.25) is 4.47 Å². The van der Waals surface area contributed by atoms with Gasteiger partial charge in [0.15, 0.2) is 0 Å². The molecule has 21 heavy (non-hydrogen) atoms. The maximum atomic E-state index is 12.3. The Hall–Kier alpha value is -1.66. The van der Waals surface area contributed by atoms with Crippen molar-refractivity contribution < 1.29 is 9.53 Å². The van der Waals surface area contributed by atoms with Crippen LogP contribution in [0.5, 0.6) is 5.75 Å². The van der Waals surface area contributed by atoms with Gasteiger partial charge in [0.1, 0.15) is 5.75 Å². The fourth-order valence-corrected chi connectivity index (χ4v) is 2.78. The van der Waals surface area contributed by atoms with Crippen LogP contribution in [0, 0.1) is 0 Å². The highest BCUT2D eigenvalue weighted by Crippen LogP contribution is 2.22. The number of hydrogen-bond donors (Lipinski definition) is 0. The minimum Gasteiger partial charge on any atom is -0.496 e. The quantitative estimate of drug-likeness (QED) is 0.848. The van der Waals surface area contributed by atoms with Gasteiger partial charge in [0.05, 0.1) is 7.11 Å². The summed E-state index contributed by atoms with van der Waals surface area (Å²) in [5.74, 6) is 0.644. The third kappa shape index (κ3) is 3.71. The summed E-state index contributed by atoms with van der Waals surface area (Å²) in [6.45, 7) is 1.98. The van der Waals surface area contributed by atoms with E-state index in [0.29, 0.717) is 11.4 Å². The zero-order chi connectivity index (χ0) is 15.4. The van der Waals surface area contributed by atoms with Crippen LogP contribution < -0.4 is 4.74 Å². The van der Waals surface area contributed by atoms with Crippen molar-refractivity contribution in [2.75, 3.05) is 14.2 Å². The second-order valence-corrected chi connectivity index (χ2v) is 6.20. The SMILES string of the molecule is COc1ccccc1CC(C)N(C)C(=O)c1nnc(Cl)s1. The van der Waals surface area contributed by atoms with E-state index >= 15 is 0 Å². The first-order valence-corrected chi connectivity index (χ1v) is 7.60. The molecule has 2 aromatic rings. The van der Waals surface area contributed by atoms with Gasteiger partial charge in [-0.15, -0.1) is 10.2 Å². The molecule has 0 saturated carbocycles. The summed E-state index contributed by atoms with van der Waals surface area (Å²) in [6.07, 6.45) is 0.693. The van der Waals surface area contributed by atoms with Gasteiger partial charge in [-0.25, -0.2) is 0 Å². The van der Waals surface area contributed by atoms with E-state index in [1.165, 1.54) is 0 Å². The summed E-state index contributed by atoms with van der Waals surface area (Å²) >= 11 is 6.80. The number of para-hydroxylation sites is 1. The average Bonchev–Trinajstić information content (AvgIpc) is 2.92. The van der Waals surface area contributed by atoms with Gasteiger partial charge in [0.25, 0.3) is 5.91 Å². The minimum absolute atomic E-state index is 0.00326. The minimum atomic E-state index is -0.179. The summed E-state index contributed by atoms with van der Waals surface area (Å²) in [5, 5.41) is 7.74. The summed E-state index contributed by atoms with van der Waals surface area (Å²) in [7, 11) is 3.39. The lowest BCUT2D eigenvalue weighted by Gasteiger charge is -2.24. The number of likely N-dealkylation sites (N-methyl/N-ethyl adjacent to an activating group) is 1. The lowest BCUT2D eigenvalue weighted by molar-refractivity contribution is 0.0741. The number of halogens is 1. The molecule has 0 fully saturated rings. The first-order chi connectivity index (χ1) is 10.0. The van der Waals surface area contributed by atoms with Crippen LogP contribution >= 0.6 is 22.9 Å². The van der Waals surface area contributed by atoms with E-state index < -0.39 is 0 Å². The molecule has 0 aliphatic heterocycles. The fraction of sp³-hybridized carbons (Fsp3) is 0.357. The third-order valence-corrected chi connectivity index (χ3v) is 4.28. The Kier molecular flexibility index (Phi) is 5.14. The predicted octanol–water partition coefficient (Wildman–Crippen LogP) is 2.90. The molecule has 0 aliphatic rings. The number of amides is 1. The Morgan fingerprint density at radius 1 is 1.43 bits per heavy atom. The molecule has 0 aliphatic carbocycles. The number of carbonyl (C=O) groups is 1. The number of ether oxygens (including phenoxy) is 1. The van der Waals surface area contributed by atoms with E-state index in [1.54, 1.807) is 19.1 Å². The molecule has 0 saturated heterocycles. The Bertz CT molecular complexity index is 632. The molecule has 0 spiro atoms. The zero-order valence-electron chi connectivity index (χ0n) is 12.0. The summed E-state index contributed by atoms with van der Waals surface area (Å²) in [6, 6.07) is 7.78. The van der Waals surface area contributed by atoms with Gasteiger partial charge in [-0.05, 0) is 36.6 Å². The first kappa shape index (κ1) is 15.7. The van der Waals surface area contributed by atoms with E-state index in [4.69, 9.17) is 16.3 Å². The molecule has 2 rings (SSSR count). The molecule has 0 N–H and O–H groups in total. The highest BCUT2D eigenvalue weighted by molar-refractivity contribution is 7.17. The zero-order valence-corrected chi connectivity index (χ0v) is 13.6. The predicted molar refractivity (Wildman–Crippen MR) is 83.2 cm³/mol. The van der Waals surface area contributed by atoms with Crippen LogP contribution in [-0.2, 0) is 6.42 Å². The summed E-state index contributed by atoms with van der Waals surface area (Å²) in [5.41, 5.74) is 1.06. The lowest BCUT2D eigenvalue weighted by Crippen LogP contribution is -2.36. The van der Waals surface area contributed by atoms with Crippen molar-refractivity contribution in [1.29, 1.82) is 0 Å². The molecule has 1 unspecified atom stereocenters. The molecule has 1 amide bonds. The molecule has 0 bridgehead atoms. The maximum absolute atomic E-state index is 12.3. The molecule has 1 heterocycles. The van der Waals surface area contributed by atoms with Crippen molar-refractivity contribution in [2.24, 2.45) is 0 Å². The van der Waals surface area contributed by atoms with E-state index in [9.17, 15) is 4.79 Å². The number of hydrogen-bond acceptors (Lipinski definition) is 5. The maximum Gasteiger partial charge on any atom is 0.284 e. The first-order valence-electron chi connectivity index (χ1n) is 6.41. The van der Waals surface area contributed by atoms with Crippen molar-refractivity contribution >= 4 is 28.8 Å². The van der Waals surface area contributed by atoms with Crippen molar-refractivity contribution in [3.8, 4) is 5.75 Å². The van der Waals surface area contributed by atoms with Gasteiger partial charge >= 0.3 is 0 Å². The number of nitrogens with zero attached hydrogens (tertiary/aromatic N) is 3. The molecule has 5 nitrogen and oxygen atoms in total. The lowest BCUT2D eigenvalue weighted by atomic mass is 10.1. The topological polar surface area (TPSA) is 55.3 Å². The largest absolute Gasteiger partial charge is 0.496 e. The Labute approximate surface area is 132 Å². The van der Waals surface area contributed by atoms with E-state index in [0.717, 1.165) is 22.6 Å². The Morgan fingerprint density at radius 3 is 2.76 bits per heavy atom. The van der Waals surface area contributed by atoms with Gasteiger partial charge in [-0.3, -0.25) is 4.79 Å². The van der Waals surface area contributed by atoms with Crippen LogP contribution in [0.15, 0.2) is 24.3 Å². The average molecular weight is 326 g/mol. The second kappa shape index (κ2) is 6.87. The van der Waals surface area contributed by atoms with Crippen molar-refractivity contribution in [3.05, 3.63) is 39.3 Å². The van der Waals surface area contributed by atoms with E-state index in [-0.39, 0.29) is 16.4 Å². The van der Waals surface area contributed by atoms with Gasteiger partial charge in [0.2, 0.25) is 9.47 Å².